The number of hydrogen-bond donors (Lipinski definition) is 1. The van der Waals surface area contributed by atoms with Gasteiger partial charge in [0.25, 0.3) is 0 Å². The molecule has 5 nitrogen and oxygen atoms in total. The van der Waals surface area contributed by atoms with Crippen LogP contribution in [-0.4, -0.2) is 23.3 Å². The Labute approximate surface area is 187 Å². The van der Waals surface area contributed by atoms with Crippen LogP contribution in [-0.2, 0) is 22.7 Å². The zero-order valence-electron chi connectivity index (χ0n) is 18.3. The molecule has 0 aliphatic rings. The summed E-state index contributed by atoms with van der Waals surface area (Å²) in [6.45, 7) is 4.45. The minimum Gasteiger partial charge on any atom is -0.489 e. The van der Waals surface area contributed by atoms with Gasteiger partial charge in [-0.15, -0.1) is 0 Å². The average molecular weight is 435 g/mol. The van der Waals surface area contributed by atoms with Crippen LogP contribution in [0.1, 0.15) is 30.0 Å². The number of benzene rings is 3. The summed E-state index contributed by atoms with van der Waals surface area (Å²) in [6.07, 6.45) is 0.198. The Bertz CT molecular complexity index is 1070. The molecule has 0 atom stereocenters. The molecule has 1 N–H and O–H groups in total. The summed E-state index contributed by atoms with van der Waals surface area (Å²) in [4.78, 5) is 26.1. The number of carbonyl (C=O) groups excluding carboxylic acids is 2. The van der Waals surface area contributed by atoms with Gasteiger partial charge in [0.05, 0.1) is 0 Å². The monoisotopic (exact) mass is 434 g/mol. The third-order valence-corrected chi connectivity index (χ3v) is 5.04. The number of hydrogen-bond acceptors (Lipinski definition) is 3. The SMILES string of the molecule is CC(=O)N(CCC(=O)Nc1ccc(OCc2cccc(F)c2)cc1C)Cc1ccccc1. The smallest absolute Gasteiger partial charge is 0.226 e. The minimum atomic E-state index is -0.299. The van der Waals surface area contributed by atoms with Crippen LogP contribution in [0, 0.1) is 12.7 Å². The van der Waals surface area contributed by atoms with Crippen LogP contribution in [0.5, 0.6) is 5.75 Å². The fraction of sp³-hybridized carbons (Fsp3) is 0.231. The number of nitrogens with one attached hydrogen (secondary N) is 1. The third-order valence-electron chi connectivity index (χ3n) is 5.04. The highest BCUT2D eigenvalue weighted by molar-refractivity contribution is 5.92. The maximum absolute atomic E-state index is 13.3. The summed E-state index contributed by atoms with van der Waals surface area (Å²) in [5.74, 6) is 0.0984. The van der Waals surface area contributed by atoms with E-state index >= 15 is 0 Å². The molecule has 0 fully saturated rings. The molecule has 0 saturated heterocycles. The van der Waals surface area contributed by atoms with Crippen molar-refractivity contribution in [2.24, 2.45) is 0 Å². The molecule has 0 bridgehead atoms. The fourth-order valence-corrected chi connectivity index (χ4v) is 3.26. The molecule has 32 heavy (non-hydrogen) atoms. The highest BCUT2D eigenvalue weighted by Crippen LogP contribution is 2.22. The quantitative estimate of drug-likeness (QED) is 0.510. The molecule has 0 aliphatic heterocycles. The first-order chi connectivity index (χ1) is 15.4. The molecule has 0 aromatic heterocycles. The Kier molecular flexibility index (Phi) is 7.97. The highest BCUT2D eigenvalue weighted by Gasteiger charge is 2.13. The second-order valence-electron chi connectivity index (χ2n) is 7.62. The molecule has 6 heteroatoms. The Hall–Kier alpha value is -3.67. The normalized spacial score (nSPS) is 10.5. The van der Waals surface area contributed by atoms with E-state index < -0.39 is 0 Å². The molecule has 166 valence electrons. The van der Waals surface area contributed by atoms with Crippen LogP contribution in [0.25, 0.3) is 0 Å². The Balaban J connectivity index is 1.52. The molecule has 3 aromatic rings. The number of carbonyl (C=O) groups is 2. The number of rotatable bonds is 9. The molecular weight excluding hydrogens is 407 g/mol. The van der Waals surface area contributed by atoms with Crippen molar-refractivity contribution < 1.29 is 18.7 Å². The summed E-state index contributed by atoms with van der Waals surface area (Å²) in [5, 5.41) is 2.89. The number of nitrogens with zero attached hydrogens (tertiary/aromatic N) is 1. The molecule has 0 heterocycles. The predicted molar refractivity (Wildman–Crippen MR) is 123 cm³/mol. The maximum Gasteiger partial charge on any atom is 0.226 e. The van der Waals surface area contributed by atoms with Crippen LogP contribution < -0.4 is 10.1 Å². The van der Waals surface area contributed by atoms with Gasteiger partial charge < -0.3 is 15.0 Å². The van der Waals surface area contributed by atoms with Gasteiger partial charge in [-0.1, -0.05) is 42.5 Å². The molecule has 0 aliphatic carbocycles. The second kappa shape index (κ2) is 11.1. The molecule has 0 unspecified atom stereocenters. The third kappa shape index (κ3) is 6.94. The topological polar surface area (TPSA) is 58.6 Å². The molecule has 0 spiro atoms. The van der Waals surface area contributed by atoms with Gasteiger partial charge in [-0.3, -0.25) is 9.59 Å². The first kappa shape index (κ1) is 23.0. The largest absolute Gasteiger partial charge is 0.489 e. The highest BCUT2D eigenvalue weighted by atomic mass is 19.1. The molecule has 0 saturated carbocycles. The number of anilines is 1. The molecular formula is C26H27FN2O3. The Morgan fingerprint density at radius 1 is 0.969 bits per heavy atom. The molecule has 3 aromatic carbocycles. The summed E-state index contributed by atoms with van der Waals surface area (Å²) >= 11 is 0. The summed E-state index contributed by atoms with van der Waals surface area (Å²) < 4.78 is 19.0. The van der Waals surface area contributed by atoms with Gasteiger partial charge >= 0.3 is 0 Å². The van der Waals surface area contributed by atoms with Crippen LogP contribution in [0.3, 0.4) is 0 Å². The lowest BCUT2D eigenvalue weighted by atomic mass is 10.1. The van der Waals surface area contributed by atoms with E-state index in [0.717, 1.165) is 16.7 Å². The number of aryl methyl sites for hydroxylation is 1. The van der Waals surface area contributed by atoms with Crippen LogP contribution in [0.15, 0.2) is 72.8 Å². The lowest BCUT2D eigenvalue weighted by molar-refractivity contribution is -0.129. The lowest BCUT2D eigenvalue weighted by Crippen LogP contribution is -2.31. The van der Waals surface area contributed by atoms with Gasteiger partial charge in [0.15, 0.2) is 0 Å². The van der Waals surface area contributed by atoms with E-state index in [-0.39, 0.29) is 30.7 Å². The van der Waals surface area contributed by atoms with Crippen LogP contribution in [0.2, 0.25) is 0 Å². The van der Waals surface area contributed by atoms with Crippen molar-refractivity contribution in [2.45, 2.75) is 33.4 Å². The molecule has 2 amide bonds. The van der Waals surface area contributed by atoms with Gasteiger partial charge in [0, 0.05) is 32.1 Å². The van der Waals surface area contributed by atoms with E-state index in [1.807, 2.05) is 43.3 Å². The van der Waals surface area contributed by atoms with Gasteiger partial charge in [-0.25, -0.2) is 4.39 Å². The van der Waals surface area contributed by atoms with Crippen molar-refractivity contribution in [1.29, 1.82) is 0 Å². The second-order valence-corrected chi connectivity index (χ2v) is 7.62. The molecule has 0 radical (unpaired) electrons. The van der Waals surface area contributed by atoms with Crippen molar-refractivity contribution in [3.63, 3.8) is 0 Å². The molecule has 3 rings (SSSR count). The Morgan fingerprint density at radius 2 is 1.72 bits per heavy atom. The van der Waals surface area contributed by atoms with Crippen molar-refractivity contribution in [1.82, 2.24) is 4.90 Å². The van der Waals surface area contributed by atoms with Crippen molar-refractivity contribution in [2.75, 3.05) is 11.9 Å². The zero-order valence-corrected chi connectivity index (χ0v) is 18.3. The number of amides is 2. The van der Waals surface area contributed by atoms with E-state index in [0.29, 0.717) is 24.5 Å². The van der Waals surface area contributed by atoms with E-state index in [1.54, 1.807) is 29.2 Å². The standard InChI is InChI=1S/C26H27FN2O3/c1-19-15-24(32-18-22-9-6-10-23(27)16-22)11-12-25(19)28-26(31)13-14-29(20(2)30)17-21-7-4-3-5-8-21/h3-12,15-16H,13-14,17-18H2,1-2H3,(H,28,31). The van der Waals surface area contributed by atoms with Crippen LogP contribution in [0.4, 0.5) is 10.1 Å². The fourth-order valence-electron chi connectivity index (χ4n) is 3.26. The summed E-state index contributed by atoms with van der Waals surface area (Å²) in [6, 6.07) is 21.3. The van der Waals surface area contributed by atoms with Gasteiger partial charge in [0.1, 0.15) is 18.2 Å². The zero-order chi connectivity index (χ0) is 22.9. The van der Waals surface area contributed by atoms with E-state index in [2.05, 4.69) is 5.32 Å². The summed E-state index contributed by atoms with van der Waals surface area (Å²) in [5.41, 5.74) is 3.30. The van der Waals surface area contributed by atoms with E-state index in [9.17, 15) is 14.0 Å². The van der Waals surface area contributed by atoms with Crippen LogP contribution >= 0.6 is 0 Å². The van der Waals surface area contributed by atoms with E-state index in [1.165, 1.54) is 19.1 Å². The van der Waals surface area contributed by atoms with Crippen molar-refractivity contribution >= 4 is 17.5 Å². The number of halogens is 1. The maximum atomic E-state index is 13.3. The van der Waals surface area contributed by atoms with Gasteiger partial charge in [-0.05, 0) is 53.9 Å². The minimum absolute atomic E-state index is 0.0716. The van der Waals surface area contributed by atoms with Crippen molar-refractivity contribution in [3.8, 4) is 5.75 Å². The first-order valence-electron chi connectivity index (χ1n) is 10.5. The predicted octanol–water partition coefficient (Wildman–Crippen LogP) is 5.09. The van der Waals surface area contributed by atoms with Crippen molar-refractivity contribution in [3.05, 3.63) is 95.3 Å². The van der Waals surface area contributed by atoms with E-state index in [4.69, 9.17) is 4.74 Å². The summed E-state index contributed by atoms with van der Waals surface area (Å²) in [7, 11) is 0. The Morgan fingerprint density at radius 3 is 2.41 bits per heavy atom. The average Bonchev–Trinajstić information content (AvgIpc) is 2.77. The lowest BCUT2D eigenvalue weighted by Gasteiger charge is -2.21. The van der Waals surface area contributed by atoms with Gasteiger partial charge in [0.2, 0.25) is 11.8 Å². The van der Waals surface area contributed by atoms with Gasteiger partial charge in [-0.2, -0.15) is 0 Å². The number of ether oxygens (including phenoxy) is 1. The first-order valence-corrected chi connectivity index (χ1v) is 10.5.